The molecule has 9 aromatic rings. The van der Waals surface area contributed by atoms with Crippen LogP contribution in [0.5, 0.6) is 5.75 Å². The largest absolute Gasteiger partial charge is 0.497 e. The van der Waals surface area contributed by atoms with Gasteiger partial charge in [-0.1, -0.05) is 147 Å². The highest BCUT2D eigenvalue weighted by Crippen LogP contribution is 2.61. The molecule has 1 heterocycles. The summed E-state index contributed by atoms with van der Waals surface area (Å²) in [5, 5.41) is 7.84. The van der Waals surface area contributed by atoms with Crippen molar-refractivity contribution in [2.45, 2.75) is 50.5 Å². The Hall–Kier alpha value is -6.38. The van der Waals surface area contributed by atoms with Crippen LogP contribution in [0.2, 0.25) is 0 Å². The van der Waals surface area contributed by atoms with Crippen molar-refractivity contribution in [2.24, 2.45) is 0 Å². The SMILES string of the molecule is COc1cccc(N2c3ccc(-c4cc(-c5ccccc5)c5ccc6c(-c7ccccc7)cc(-c7ccccc7)c7ccc4c5c67)cc3C3(C)CCCCC23C)c1. The molecule has 1 saturated carbocycles. The van der Waals surface area contributed by atoms with Gasteiger partial charge in [-0.2, -0.15) is 0 Å². The highest BCUT2D eigenvalue weighted by Gasteiger charge is 2.57. The molecular weight excluding hydrogens is 691 g/mol. The number of anilines is 2. The van der Waals surface area contributed by atoms with Gasteiger partial charge in [-0.3, -0.25) is 0 Å². The van der Waals surface area contributed by atoms with Crippen molar-refractivity contribution in [3.63, 3.8) is 0 Å². The number of hydrogen-bond acceptors (Lipinski definition) is 2. The van der Waals surface area contributed by atoms with Crippen molar-refractivity contribution in [2.75, 3.05) is 12.0 Å². The van der Waals surface area contributed by atoms with E-state index in [9.17, 15) is 0 Å². The Kier molecular flexibility index (Phi) is 7.63. The van der Waals surface area contributed by atoms with Crippen LogP contribution in [-0.2, 0) is 5.41 Å². The summed E-state index contributed by atoms with van der Waals surface area (Å²) >= 11 is 0. The lowest BCUT2D eigenvalue weighted by Gasteiger charge is -2.50. The van der Waals surface area contributed by atoms with Gasteiger partial charge in [-0.25, -0.2) is 0 Å². The summed E-state index contributed by atoms with van der Waals surface area (Å²) in [7, 11) is 1.76. The molecule has 1 aliphatic carbocycles. The Balaban J connectivity index is 1.22. The first-order chi connectivity index (χ1) is 28.0. The maximum Gasteiger partial charge on any atom is 0.120 e. The van der Waals surface area contributed by atoms with Crippen LogP contribution in [0.1, 0.15) is 45.1 Å². The highest BCUT2D eigenvalue weighted by molar-refractivity contribution is 6.32. The summed E-state index contributed by atoms with van der Waals surface area (Å²) in [5.74, 6) is 0.895. The zero-order chi connectivity index (χ0) is 38.3. The maximum atomic E-state index is 5.75. The smallest absolute Gasteiger partial charge is 0.120 e. The van der Waals surface area contributed by atoms with E-state index in [1.807, 2.05) is 0 Å². The Morgan fingerprint density at radius 3 is 1.46 bits per heavy atom. The molecule has 2 aliphatic rings. The Morgan fingerprint density at radius 1 is 0.456 bits per heavy atom. The fraction of sp³-hybridized carbons (Fsp3) is 0.164. The summed E-state index contributed by atoms with van der Waals surface area (Å²) < 4.78 is 5.75. The van der Waals surface area contributed by atoms with Crippen molar-refractivity contribution >= 4 is 43.7 Å². The minimum Gasteiger partial charge on any atom is -0.497 e. The topological polar surface area (TPSA) is 12.5 Å². The van der Waals surface area contributed by atoms with Crippen molar-refractivity contribution in [3.8, 4) is 50.3 Å². The zero-order valence-corrected chi connectivity index (χ0v) is 32.8. The molecule has 2 nitrogen and oxygen atoms in total. The van der Waals surface area contributed by atoms with Crippen LogP contribution in [0.3, 0.4) is 0 Å². The summed E-state index contributed by atoms with van der Waals surface area (Å²) in [6.45, 7) is 5.04. The third-order valence-corrected chi connectivity index (χ3v) is 13.9. The molecular formula is C55H45NO. The average Bonchev–Trinajstić information content (AvgIpc) is 3.48. The van der Waals surface area contributed by atoms with Crippen LogP contribution in [0.4, 0.5) is 11.4 Å². The van der Waals surface area contributed by atoms with Gasteiger partial charge in [-0.15, -0.1) is 0 Å². The number of fused-ring (bicyclic) bond motifs is 3. The molecule has 0 radical (unpaired) electrons. The molecule has 57 heavy (non-hydrogen) atoms. The van der Waals surface area contributed by atoms with Crippen molar-refractivity contribution in [1.29, 1.82) is 0 Å². The van der Waals surface area contributed by atoms with E-state index in [2.05, 4.69) is 189 Å². The standard InChI is InChI=1S/C55H45NO/c1-54-30-13-14-31-55(54,2)56(40-22-15-23-41(33-40)57-3)51-29-24-39(32-50(51)54)49-35-48(38-20-11-6-12-21-38)44-26-25-42-46(36-16-7-4-8-17-36)34-47(37-18-9-5-10-19-37)43-27-28-45(49)53(44)52(42)43/h4-12,15-29,32-35H,13-14,30-31H2,1-3H3. The normalized spacial score (nSPS) is 19.0. The Labute approximate surface area is 335 Å². The molecule has 0 amide bonds. The highest BCUT2D eigenvalue weighted by atomic mass is 16.5. The predicted molar refractivity (Wildman–Crippen MR) is 241 cm³/mol. The summed E-state index contributed by atoms with van der Waals surface area (Å²) in [4.78, 5) is 2.64. The second-order valence-electron chi connectivity index (χ2n) is 16.7. The molecule has 0 aromatic heterocycles. The maximum absolute atomic E-state index is 5.75. The summed E-state index contributed by atoms with van der Waals surface area (Å²) in [5.41, 5.74) is 14.0. The third kappa shape index (κ3) is 4.96. The molecule has 276 valence electrons. The molecule has 2 unspecified atom stereocenters. The van der Waals surface area contributed by atoms with Crippen LogP contribution in [0.25, 0.3) is 76.8 Å². The van der Waals surface area contributed by atoms with Crippen molar-refractivity contribution in [3.05, 3.63) is 175 Å². The van der Waals surface area contributed by atoms with Crippen LogP contribution in [0, 0.1) is 0 Å². The molecule has 11 rings (SSSR count). The van der Waals surface area contributed by atoms with Crippen LogP contribution < -0.4 is 9.64 Å². The van der Waals surface area contributed by atoms with E-state index in [0.29, 0.717) is 0 Å². The van der Waals surface area contributed by atoms with Gasteiger partial charge in [0.25, 0.3) is 0 Å². The van der Waals surface area contributed by atoms with Crippen LogP contribution in [0.15, 0.2) is 170 Å². The lowest BCUT2D eigenvalue weighted by molar-refractivity contribution is 0.195. The Morgan fingerprint density at radius 2 is 0.947 bits per heavy atom. The average molecular weight is 736 g/mol. The van der Waals surface area contributed by atoms with Gasteiger partial charge < -0.3 is 9.64 Å². The number of hydrogen-bond donors (Lipinski definition) is 0. The molecule has 0 saturated heterocycles. The van der Waals surface area contributed by atoms with Gasteiger partial charge in [0.1, 0.15) is 5.75 Å². The van der Waals surface area contributed by atoms with Gasteiger partial charge in [-0.05, 0) is 139 Å². The fourth-order valence-corrected chi connectivity index (χ4v) is 10.9. The van der Waals surface area contributed by atoms with Crippen LogP contribution in [-0.4, -0.2) is 12.6 Å². The van der Waals surface area contributed by atoms with Crippen LogP contribution >= 0.6 is 0 Å². The predicted octanol–water partition coefficient (Wildman–Crippen LogP) is 15.0. The van der Waals surface area contributed by atoms with Crippen molar-refractivity contribution in [1.82, 2.24) is 0 Å². The number of rotatable bonds is 6. The molecule has 1 fully saturated rings. The molecule has 0 N–H and O–H groups in total. The molecule has 9 aromatic carbocycles. The number of nitrogens with zero attached hydrogens (tertiary/aromatic N) is 1. The first-order valence-electron chi connectivity index (χ1n) is 20.5. The Bertz CT molecular complexity index is 2910. The first-order valence-corrected chi connectivity index (χ1v) is 20.5. The monoisotopic (exact) mass is 735 g/mol. The van der Waals surface area contributed by atoms with Gasteiger partial charge in [0.2, 0.25) is 0 Å². The minimum absolute atomic E-state index is 0.0130. The number of ether oxygens (including phenoxy) is 1. The second kappa shape index (κ2) is 12.8. The van der Waals surface area contributed by atoms with E-state index < -0.39 is 0 Å². The minimum atomic E-state index is -0.0574. The van der Waals surface area contributed by atoms with Gasteiger partial charge >= 0.3 is 0 Å². The molecule has 1 aliphatic heterocycles. The molecule has 0 spiro atoms. The lowest BCUT2D eigenvalue weighted by atomic mass is 9.61. The van der Waals surface area contributed by atoms with Gasteiger partial charge in [0.15, 0.2) is 0 Å². The quantitative estimate of drug-likeness (QED) is 0.158. The van der Waals surface area contributed by atoms with E-state index in [1.165, 1.54) is 113 Å². The lowest BCUT2D eigenvalue weighted by Crippen LogP contribution is -2.54. The van der Waals surface area contributed by atoms with E-state index in [1.54, 1.807) is 7.11 Å². The van der Waals surface area contributed by atoms with Gasteiger partial charge in [0.05, 0.1) is 12.6 Å². The molecule has 0 bridgehead atoms. The number of methoxy groups -OCH3 is 1. The van der Waals surface area contributed by atoms with Crippen molar-refractivity contribution < 1.29 is 4.74 Å². The third-order valence-electron chi connectivity index (χ3n) is 13.9. The number of benzene rings is 9. The second-order valence-corrected chi connectivity index (χ2v) is 16.7. The molecule has 2 heteroatoms. The van der Waals surface area contributed by atoms with E-state index in [4.69, 9.17) is 4.74 Å². The molecule has 2 atom stereocenters. The van der Waals surface area contributed by atoms with Gasteiger partial charge in [0, 0.05) is 22.9 Å². The summed E-state index contributed by atoms with van der Waals surface area (Å²) in [6, 6.07) is 63.3. The van der Waals surface area contributed by atoms with E-state index in [0.717, 1.165) is 12.2 Å². The van der Waals surface area contributed by atoms with E-state index >= 15 is 0 Å². The fourth-order valence-electron chi connectivity index (χ4n) is 10.9. The summed E-state index contributed by atoms with van der Waals surface area (Å²) in [6.07, 6.45) is 4.79. The van der Waals surface area contributed by atoms with E-state index in [-0.39, 0.29) is 11.0 Å². The first kappa shape index (κ1) is 33.9. The zero-order valence-electron chi connectivity index (χ0n) is 32.8.